The molecule has 1 aliphatic heterocycles. The summed E-state index contributed by atoms with van der Waals surface area (Å²) in [5.41, 5.74) is 6.38. The second kappa shape index (κ2) is 7.95. The number of methoxy groups -OCH3 is 1. The maximum atomic E-state index is 13.2. The van der Waals surface area contributed by atoms with Gasteiger partial charge in [0.1, 0.15) is 5.75 Å². The molecule has 1 heterocycles. The zero-order chi connectivity index (χ0) is 22.5. The van der Waals surface area contributed by atoms with Crippen molar-refractivity contribution in [3.63, 3.8) is 0 Å². The van der Waals surface area contributed by atoms with Crippen molar-refractivity contribution in [3.05, 3.63) is 89.0 Å². The summed E-state index contributed by atoms with van der Waals surface area (Å²) in [5.74, 6) is 3.18. The third-order valence-electron chi connectivity index (χ3n) is 8.11. The number of rotatable bonds is 4. The van der Waals surface area contributed by atoms with Crippen LogP contribution < -0.4 is 15.4 Å². The maximum absolute atomic E-state index is 13.2. The van der Waals surface area contributed by atoms with E-state index in [1.807, 2.05) is 31.2 Å². The first-order valence-corrected chi connectivity index (χ1v) is 12.0. The van der Waals surface area contributed by atoms with Crippen molar-refractivity contribution < 1.29 is 9.53 Å². The molecule has 0 aromatic heterocycles. The van der Waals surface area contributed by atoms with Gasteiger partial charge in [-0.3, -0.25) is 4.79 Å². The number of nitrogens with one attached hydrogen (secondary N) is 2. The lowest BCUT2D eigenvalue weighted by molar-refractivity contribution is 0.102. The van der Waals surface area contributed by atoms with Crippen molar-refractivity contribution in [2.45, 2.75) is 38.1 Å². The third-order valence-corrected chi connectivity index (χ3v) is 8.11. The number of hydrogen-bond donors (Lipinski definition) is 2. The van der Waals surface area contributed by atoms with Crippen LogP contribution in [0, 0.1) is 24.7 Å². The number of amides is 1. The first-order chi connectivity index (χ1) is 16.1. The fourth-order valence-corrected chi connectivity index (χ4v) is 6.73. The maximum Gasteiger partial charge on any atom is 0.255 e. The minimum Gasteiger partial charge on any atom is -0.495 e. The lowest BCUT2D eigenvalue weighted by Crippen LogP contribution is -2.35. The molecule has 2 fully saturated rings. The zero-order valence-corrected chi connectivity index (χ0v) is 19.2. The molecule has 2 N–H and O–H groups in total. The number of fused-ring (bicyclic) bond motifs is 7. The van der Waals surface area contributed by atoms with Crippen LogP contribution in [-0.4, -0.2) is 13.0 Å². The van der Waals surface area contributed by atoms with Gasteiger partial charge in [0.05, 0.1) is 18.8 Å². The van der Waals surface area contributed by atoms with Crippen molar-refractivity contribution in [2.75, 3.05) is 17.7 Å². The van der Waals surface area contributed by atoms with Crippen LogP contribution in [0.2, 0.25) is 0 Å². The summed E-state index contributed by atoms with van der Waals surface area (Å²) < 4.78 is 5.45. The van der Waals surface area contributed by atoms with Gasteiger partial charge in [-0.2, -0.15) is 0 Å². The molecule has 2 saturated carbocycles. The summed E-state index contributed by atoms with van der Waals surface area (Å²) in [6.45, 7) is 2.01. The van der Waals surface area contributed by atoms with Crippen LogP contribution in [0.15, 0.2) is 66.7 Å². The molecular formula is C29H30N2O2. The van der Waals surface area contributed by atoms with E-state index in [0.29, 0.717) is 34.9 Å². The highest BCUT2D eigenvalue weighted by atomic mass is 16.5. The summed E-state index contributed by atoms with van der Waals surface area (Å²) in [6, 6.07) is 23.2. The number of carbonyl (C=O) groups is 1. The van der Waals surface area contributed by atoms with E-state index < -0.39 is 0 Å². The molecule has 3 aromatic carbocycles. The average Bonchev–Trinajstić information content (AvgIpc) is 3.47. The monoisotopic (exact) mass is 438 g/mol. The molecule has 4 heteroatoms. The summed E-state index contributed by atoms with van der Waals surface area (Å²) in [6.07, 6.45) is 3.96. The standard InChI is InChI=1S/C29H30N2O2/c1-17-8-13-25(33-2)24(14-17)31-29(32)21-11-12-23-22(16-21)26-19-9-10-20(15-19)27(26)28(30-23)18-6-4-3-5-7-18/h3-8,11-14,16,19-20,26-28,30H,9-10,15H2,1-2H3,(H,31,32)/t19-,20-,26-,27-,28+/m0/s1. The minimum absolute atomic E-state index is 0.0911. The van der Waals surface area contributed by atoms with E-state index in [1.54, 1.807) is 7.11 Å². The molecule has 6 rings (SSSR count). The van der Waals surface area contributed by atoms with E-state index in [9.17, 15) is 4.79 Å². The van der Waals surface area contributed by atoms with Crippen LogP contribution in [0.3, 0.4) is 0 Å². The Morgan fingerprint density at radius 2 is 1.82 bits per heavy atom. The molecule has 0 unspecified atom stereocenters. The van der Waals surface area contributed by atoms with Crippen LogP contribution in [-0.2, 0) is 0 Å². The Labute approximate surface area is 195 Å². The number of benzene rings is 3. The predicted octanol–water partition coefficient (Wildman–Crippen LogP) is 6.55. The van der Waals surface area contributed by atoms with E-state index in [-0.39, 0.29) is 5.91 Å². The van der Waals surface area contributed by atoms with Gasteiger partial charge in [-0.05, 0) is 96.9 Å². The number of ether oxygens (including phenoxy) is 1. The van der Waals surface area contributed by atoms with Gasteiger partial charge in [-0.15, -0.1) is 0 Å². The lowest BCUT2D eigenvalue weighted by atomic mass is 9.68. The van der Waals surface area contributed by atoms with Gasteiger partial charge in [0.25, 0.3) is 5.91 Å². The van der Waals surface area contributed by atoms with Crippen LogP contribution in [0.25, 0.3) is 0 Å². The molecule has 33 heavy (non-hydrogen) atoms. The molecular weight excluding hydrogens is 408 g/mol. The molecule has 1 amide bonds. The number of aryl methyl sites for hydroxylation is 1. The second-order valence-corrected chi connectivity index (χ2v) is 9.93. The Morgan fingerprint density at radius 3 is 2.64 bits per heavy atom. The summed E-state index contributed by atoms with van der Waals surface area (Å²) in [5, 5.41) is 6.93. The number of anilines is 2. The van der Waals surface area contributed by atoms with Gasteiger partial charge in [0.15, 0.2) is 0 Å². The first kappa shape index (κ1) is 20.3. The summed E-state index contributed by atoms with van der Waals surface area (Å²) >= 11 is 0. The molecule has 2 bridgehead atoms. The normalized spacial score (nSPS) is 26.8. The highest BCUT2D eigenvalue weighted by molar-refractivity contribution is 6.05. The Morgan fingerprint density at radius 1 is 1.00 bits per heavy atom. The van der Waals surface area contributed by atoms with Gasteiger partial charge in [-0.1, -0.05) is 36.4 Å². The van der Waals surface area contributed by atoms with Gasteiger partial charge in [0, 0.05) is 11.3 Å². The van der Waals surface area contributed by atoms with E-state index in [2.05, 4.69) is 53.1 Å². The van der Waals surface area contributed by atoms with Crippen LogP contribution in [0.1, 0.15) is 58.3 Å². The highest BCUT2D eigenvalue weighted by Gasteiger charge is 2.53. The SMILES string of the molecule is COc1ccc(C)cc1NC(=O)c1ccc2c(c1)[C@@H]1[C@H]3CC[C@@H](C3)[C@@H]1[C@@H](c1ccccc1)N2. The van der Waals surface area contributed by atoms with E-state index in [1.165, 1.54) is 36.1 Å². The minimum atomic E-state index is -0.0911. The van der Waals surface area contributed by atoms with Crippen LogP contribution in [0.4, 0.5) is 11.4 Å². The van der Waals surface area contributed by atoms with Crippen molar-refractivity contribution in [1.82, 2.24) is 0 Å². The number of carbonyl (C=O) groups excluding carboxylic acids is 1. The van der Waals surface area contributed by atoms with Crippen LogP contribution >= 0.6 is 0 Å². The van der Waals surface area contributed by atoms with Gasteiger partial charge >= 0.3 is 0 Å². The van der Waals surface area contributed by atoms with Gasteiger partial charge in [0.2, 0.25) is 0 Å². The molecule has 5 atom stereocenters. The average molecular weight is 439 g/mol. The molecule has 168 valence electrons. The second-order valence-electron chi connectivity index (χ2n) is 9.93. The van der Waals surface area contributed by atoms with E-state index >= 15 is 0 Å². The topological polar surface area (TPSA) is 50.4 Å². The van der Waals surface area contributed by atoms with Crippen LogP contribution in [0.5, 0.6) is 5.75 Å². The summed E-state index contributed by atoms with van der Waals surface area (Å²) in [7, 11) is 1.63. The Hall–Kier alpha value is -3.27. The van der Waals surface area contributed by atoms with Crippen molar-refractivity contribution >= 4 is 17.3 Å². The molecule has 4 nitrogen and oxygen atoms in total. The van der Waals surface area contributed by atoms with E-state index in [4.69, 9.17) is 4.74 Å². The van der Waals surface area contributed by atoms with E-state index in [0.717, 1.165) is 17.4 Å². The molecule has 0 radical (unpaired) electrons. The Balaban J connectivity index is 1.34. The Bertz CT molecular complexity index is 1210. The Kier molecular flexibility index (Phi) is 4.90. The molecule has 3 aliphatic rings. The molecule has 0 saturated heterocycles. The van der Waals surface area contributed by atoms with Gasteiger partial charge < -0.3 is 15.4 Å². The zero-order valence-electron chi connectivity index (χ0n) is 19.2. The predicted molar refractivity (Wildman–Crippen MR) is 132 cm³/mol. The van der Waals surface area contributed by atoms with Gasteiger partial charge in [-0.25, -0.2) is 0 Å². The summed E-state index contributed by atoms with van der Waals surface area (Å²) in [4.78, 5) is 13.2. The van der Waals surface area contributed by atoms with Crippen molar-refractivity contribution in [3.8, 4) is 5.75 Å². The van der Waals surface area contributed by atoms with Crippen molar-refractivity contribution in [2.24, 2.45) is 17.8 Å². The molecule has 0 spiro atoms. The quantitative estimate of drug-likeness (QED) is 0.485. The molecule has 2 aliphatic carbocycles. The van der Waals surface area contributed by atoms with Crippen molar-refractivity contribution in [1.29, 1.82) is 0 Å². The fourth-order valence-electron chi connectivity index (χ4n) is 6.73. The smallest absolute Gasteiger partial charge is 0.255 e. The largest absolute Gasteiger partial charge is 0.495 e. The highest BCUT2D eigenvalue weighted by Crippen LogP contribution is 2.63. The third kappa shape index (κ3) is 3.40. The fraction of sp³-hybridized carbons (Fsp3) is 0.345. The first-order valence-electron chi connectivity index (χ1n) is 12.0. The number of hydrogen-bond acceptors (Lipinski definition) is 3. The molecule has 3 aromatic rings. The lowest BCUT2D eigenvalue weighted by Gasteiger charge is -2.43.